The molecule has 0 aliphatic heterocycles. The van der Waals surface area contributed by atoms with E-state index in [1.165, 1.54) is 5.56 Å². The van der Waals surface area contributed by atoms with Crippen LogP contribution < -0.4 is 5.32 Å². The van der Waals surface area contributed by atoms with E-state index >= 15 is 0 Å². The Labute approximate surface area is 113 Å². The summed E-state index contributed by atoms with van der Waals surface area (Å²) in [7, 11) is 0. The van der Waals surface area contributed by atoms with Crippen molar-refractivity contribution in [2.45, 2.75) is 26.8 Å². The second-order valence-corrected chi connectivity index (χ2v) is 4.83. The van der Waals surface area contributed by atoms with E-state index in [4.69, 9.17) is 0 Å². The zero-order valence-corrected chi connectivity index (χ0v) is 11.4. The van der Waals surface area contributed by atoms with Crippen molar-refractivity contribution in [1.29, 1.82) is 0 Å². The Morgan fingerprint density at radius 3 is 2.32 bits per heavy atom. The van der Waals surface area contributed by atoms with Gasteiger partial charge in [-0.25, -0.2) is 4.39 Å². The third-order valence-corrected chi connectivity index (χ3v) is 3.17. The monoisotopic (exact) mass is 258 g/mol. The average molecular weight is 258 g/mol. The fourth-order valence-electron chi connectivity index (χ4n) is 2.15. The van der Waals surface area contributed by atoms with Gasteiger partial charge in [0, 0.05) is 18.9 Å². The number of aryl methyl sites for hydroxylation is 2. The molecule has 1 aromatic carbocycles. The number of nitrogens with zero attached hydrogens (tertiary/aromatic N) is 1. The third-order valence-electron chi connectivity index (χ3n) is 3.17. The zero-order valence-electron chi connectivity index (χ0n) is 11.4. The van der Waals surface area contributed by atoms with E-state index in [2.05, 4.69) is 10.3 Å². The molecule has 0 bridgehead atoms. The molecule has 0 fully saturated rings. The van der Waals surface area contributed by atoms with Crippen LogP contribution in [0.4, 0.5) is 4.39 Å². The molecule has 0 amide bonds. The van der Waals surface area contributed by atoms with Crippen molar-refractivity contribution >= 4 is 0 Å². The number of nitrogens with one attached hydrogen (secondary N) is 1. The third kappa shape index (κ3) is 3.86. The average Bonchev–Trinajstić information content (AvgIpc) is 2.42. The van der Waals surface area contributed by atoms with Crippen molar-refractivity contribution in [3.8, 4) is 0 Å². The fourth-order valence-corrected chi connectivity index (χ4v) is 2.15. The molecule has 0 atom stereocenters. The van der Waals surface area contributed by atoms with E-state index in [0.717, 1.165) is 25.1 Å². The predicted molar refractivity (Wildman–Crippen MR) is 75.5 cm³/mol. The molecule has 0 unspecified atom stereocenters. The van der Waals surface area contributed by atoms with E-state index in [9.17, 15) is 4.39 Å². The van der Waals surface area contributed by atoms with E-state index in [1.807, 2.05) is 50.5 Å². The summed E-state index contributed by atoms with van der Waals surface area (Å²) in [5.41, 5.74) is 3.83. The topological polar surface area (TPSA) is 24.9 Å². The molecule has 1 N–H and O–H groups in total. The van der Waals surface area contributed by atoms with E-state index in [-0.39, 0.29) is 5.82 Å². The summed E-state index contributed by atoms with van der Waals surface area (Å²) in [4.78, 5) is 3.99. The molecule has 0 saturated heterocycles. The van der Waals surface area contributed by atoms with Gasteiger partial charge in [0.25, 0.3) is 0 Å². The molecule has 1 heterocycles. The lowest BCUT2D eigenvalue weighted by atomic mass is 10.1. The molecule has 2 rings (SSSR count). The van der Waals surface area contributed by atoms with Crippen LogP contribution in [0.3, 0.4) is 0 Å². The second-order valence-electron chi connectivity index (χ2n) is 4.83. The van der Waals surface area contributed by atoms with Gasteiger partial charge in [0.05, 0.1) is 0 Å². The van der Waals surface area contributed by atoms with Crippen molar-refractivity contribution in [3.05, 3.63) is 64.7 Å². The Morgan fingerprint density at radius 1 is 1.05 bits per heavy atom. The number of rotatable bonds is 5. The highest BCUT2D eigenvalue weighted by molar-refractivity contribution is 5.30. The first-order chi connectivity index (χ1) is 9.16. The minimum Gasteiger partial charge on any atom is -0.312 e. The maximum atomic E-state index is 13.5. The maximum Gasteiger partial charge on any atom is 0.129 e. The van der Waals surface area contributed by atoms with E-state index < -0.39 is 0 Å². The Morgan fingerprint density at radius 2 is 1.68 bits per heavy atom. The van der Waals surface area contributed by atoms with Crippen LogP contribution in [0.5, 0.6) is 0 Å². The van der Waals surface area contributed by atoms with Gasteiger partial charge in [0.2, 0.25) is 0 Å². The van der Waals surface area contributed by atoms with Crippen LogP contribution >= 0.6 is 0 Å². The highest BCUT2D eigenvalue weighted by Gasteiger charge is 2.03. The molecular formula is C16H19FN2. The lowest BCUT2D eigenvalue weighted by Crippen LogP contribution is -2.17. The van der Waals surface area contributed by atoms with Gasteiger partial charge in [-0.15, -0.1) is 0 Å². The van der Waals surface area contributed by atoms with Crippen LogP contribution in [0, 0.1) is 19.7 Å². The van der Waals surface area contributed by atoms with Crippen LogP contribution in [0.1, 0.15) is 22.3 Å². The van der Waals surface area contributed by atoms with E-state index in [1.54, 1.807) is 0 Å². The number of halogens is 1. The van der Waals surface area contributed by atoms with Gasteiger partial charge in [0.15, 0.2) is 0 Å². The normalized spacial score (nSPS) is 10.7. The first kappa shape index (κ1) is 13.7. The molecule has 0 radical (unpaired) electrons. The van der Waals surface area contributed by atoms with Crippen molar-refractivity contribution < 1.29 is 4.39 Å². The van der Waals surface area contributed by atoms with Crippen LogP contribution in [-0.4, -0.2) is 11.5 Å². The van der Waals surface area contributed by atoms with Crippen LogP contribution in [0.15, 0.2) is 36.7 Å². The summed E-state index contributed by atoms with van der Waals surface area (Å²) in [6.07, 6.45) is 4.59. The molecule has 2 aromatic rings. The predicted octanol–water partition coefficient (Wildman–Crippen LogP) is 3.17. The van der Waals surface area contributed by atoms with Gasteiger partial charge in [0.1, 0.15) is 5.82 Å². The number of hydrogen-bond acceptors (Lipinski definition) is 2. The molecule has 0 saturated carbocycles. The van der Waals surface area contributed by atoms with Crippen molar-refractivity contribution in [3.63, 3.8) is 0 Å². The quantitative estimate of drug-likeness (QED) is 0.833. The van der Waals surface area contributed by atoms with Gasteiger partial charge >= 0.3 is 0 Å². The Balaban J connectivity index is 1.83. The summed E-state index contributed by atoms with van der Waals surface area (Å²) < 4.78 is 13.5. The zero-order chi connectivity index (χ0) is 13.7. The van der Waals surface area contributed by atoms with Crippen molar-refractivity contribution in [2.24, 2.45) is 0 Å². The SMILES string of the molecule is Cc1cc(CNCCc2ccncc2)cc(C)c1F. The molecule has 0 aliphatic rings. The van der Waals surface area contributed by atoms with E-state index in [0.29, 0.717) is 11.1 Å². The highest BCUT2D eigenvalue weighted by atomic mass is 19.1. The van der Waals surface area contributed by atoms with Gasteiger partial charge in [-0.3, -0.25) is 4.98 Å². The standard InChI is InChI=1S/C16H19FN2/c1-12-9-15(10-13(2)16(12)17)11-19-8-5-14-3-6-18-7-4-14/h3-4,6-7,9-10,19H,5,8,11H2,1-2H3. The lowest BCUT2D eigenvalue weighted by Gasteiger charge is -2.08. The van der Waals surface area contributed by atoms with Crippen LogP contribution in [-0.2, 0) is 13.0 Å². The van der Waals surface area contributed by atoms with Crippen LogP contribution in [0.25, 0.3) is 0 Å². The Kier molecular flexibility index (Phi) is 4.63. The number of benzene rings is 1. The molecule has 0 spiro atoms. The number of hydrogen-bond donors (Lipinski definition) is 1. The van der Waals surface area contributed by atoms with Crippen molar-refractivity contribution in [2.75, 3.05) is 6.54 Å². The smallest absolute Gasteiger partial charge is 0.129 e. The summed E-state index contributed by atoms with van der Waals surface area (Å²) in [6.45, 7) is 5.29. The molecular weight excluding hydrogens is 239 g/mol. The second kappa shape index (κ2) is 6.43. The van der Waals surface area contributed by atoms with Crippen LogP contribution in [0.2, 0.25) is 0 Å². The Bertz CT molecular complexity index is 515. The first-order valence-electron chi connectivity index (χ1n) is 6.52. The van der Waals surface area contributed by atoms with Gasteiger partial charge in [-0.2, -0.15) is 0 Å². The molecule has 3 heteroatoms. The lowest BCUT2D eigenvalue weighted by molar-refractivity contribution is 0.606. The van der Waals surface area contributed by atoms with Gasteiger partial charge in [-0.1, -0.05) is 12.1 Å². The summed E-state index contributed by atoms with van der Waals surface area (Å²) in [5, 5.41) is 3.38. The molecule has 1 aromatic heterocycles. The summed E-state index contributed by atoms with van der Waals surface area (Å²) in [5.74, 6) is -0.0967. The molecule has 0 aliphatic carbocycles. The highest BCUT2D eigenvalue weighted by Crippen LogP contribution is 2.14. The van der Waals surface area contributed by atoms with Crippen molar-refractivity contribution in [1.82, 2.24) is 10.3 Å². The molecule has 2 nitrogen and oxygen atoms in total. The van der Waals surface area contributed by atoms with Gasteiger partial charge in [-0.05, 0) is 61.2 Å². The van der Waals surface area contributed by atoms with Gasteiger partial charge < -0.3 is 5.32 Å². The largest absolute Gasteiger partial charge is 0.312 e. The first-order valence-corrected chi connectivity index (χ1v) is 6.52. The number of pyridine rings is 1. The fraction of sp³-hybridized carbons (Fsp3) is 0.312. The summed E-state index contributed by atoms with van der Waals surface area (Å²) in [6, 6.07) is 7.85. The molecule has 100 valence electrons. The Hall–Kier alpha value is -1.74. The molecule has 19 heavy (non-hydrogen) atoms. The maximum absolute atomic E-state index is 13.5. The minimum absolute atomic E-state index is 0.0967. The summed E-state index contributed by atoms with van der Waals surface area (Å²) >= 11 is 0. The minimum atomic E-state index is -0.0967. The number of aromatic nitrogens is 1.